The van der Waals surface area contributed by atoms with E-state index in [1.165, 1.54) is 0 Å². The van der Waals surface area contributed by atoms with E-state index < -0.39 is 0 Å². The van der Waals surface area contributed by atoms with E-state index >= 15 is 0 Å². The standard InChI is InChI=1S/C11H22N2O2.ClH/c1-3-5-10(12)11(14)13-6-4-7-15-9(2)8-13;/h9-10H,3-8,12H2,1-2H3;1H. The number of hydrogen-bond donors (Lipinski definition) is 1. The summed E-state index contributed by atoms with van der Waals surface area (Å²) >= 11 is 0. The van der Waals surface area contributed by atoms with E-state index in [1.54, 1.807) is 0 Å². The fourth-order valence-corrected chi connectivity index (χ4v) is 1.86. The van der Waals surface area contributed by atoms with Crippen LogP contribution in [0.15, 0.2) is 0 Å². The lowest BCUT2D eigenvalue weighted by Crippen LogP contribution is -2.45. The van der Waals surface area contributed by atoms with Crippen LogP contribution >= 0.6 is 12.4 Å². The summed E-state index contributed by atoms with van der Waals surface area (Å²) in [6.07, 6.45) is 2.76. The topological polar surface area (TPSA) is 55.6 Å². The molecule has 0 spiro atoms. The highest BCUT2D eigenvalue weighted by Gasteiger charge is 2.23. The fraction of sp³-hybridized carbons (Fsp3) is 0.909. The van der Waals surface area contributed by atoms with Gasteiger partial charge in [0.2, 0.25) is 5.91 Å². The molecule has 0 saturated carbocycles. The molecule has 16 heavy (non-hydrogen) atoms. The summed E-state index contributed by atoms with van der Waals surface area (Å²) in [5.41, 5.74) is 5.82. The Morgan fingerprint density at radius 3 is 2.94 bits per heavy atom. The van der Waals surface area contributed by atoms with Crippen LogP contribution in [0.4, 0.5) is 0 Å². The summed E-state index contributed by atoms with van der Waals surface area (Å²) in [5, 5.41) is 0. The monoisotopic (exact) mass is 250 g/mol. The second-order valence-electron chi connectivity index (χ2n) is 4.21. The number of amides is 1. The van der Waals surface area contributed by atoms with Crippen LogP contribution in [0.3, 0.4) is 0 Å². The van der Waals surface area contributed by atoms with Gasteiger partial charge in [-0.2, -0.15) is 0 Å². The normalized spacial score (nSPS) is 23.2. The maximum absolute atomic E-state index is 11.9. The first-order valence-corrected chi connectivity index (χ1v) is 5.81. The van der Waals surface area contributed by atoms with Crippen molar-refractivity contribution in [1.82, 2.24) is 4.90 Å². The quantitative estimate of drug-likeness (QED) is 0.818. The maximum atomic E-state index is 11.9. The molecule has 0 aromatic heterocycles. The van der Waals surface area contributed by atoms with Crippen LogP contribution in [0, 0.1) is 0 Å². The van der Waals surface area contributed by atoms with Crippen molar-refractivity contribution in [2.24, 2.45) is 5.73 Å². The van der Waals surface area contributed by atoms with E-state index in [2.05, 4.69) is 0 Å². The maximum Gasteiger partial charge on any atom is 0.239 e. The van der Waals surface area contributed by atoms with E-state index in [4.69, 9.17) is 10.5 Å². The van der Waals surface area contributed by atoms with Crippen molar-refractivity contribution < 1.29 is 9.53 Å². The Labute approximate surface area is 104 Å². The number of ether oxygens (including phenoxy) is 1. The zero-order chi connectivity index (χ0) is 11.3. The highest BCUT2D eigenvalue weighted by Crippen LogP contribution is 2.08. The van der Waals surface area contributed by atoms with Crippen LogP contribution in [0.5, 0.6) is 0 Å². The summed E-state index contributed by atoms with van der Waals surface area (Å²) < 4.78 is 5.49. The minimum absolute atomic E-state index is 0. The Hall–Kier alpha value is -0.320. The number of halogens is 1. The molecule has 2 atom stereocenters. The highest BCUT2D eigenvalue weighted by molar-refractivity contribution is 5.85. The zero-order valence-electron chi connectivity index (χ0n) is 10.1. The van der Waals surface area contributed by atoms with E-state index in [-0.39, 0.29) is 30.5 Å². The molecule has 2 unspecified atom stereocenters. The smallest absolute Gasteiger partial charge is 0.239 e. The molecule has 2 N–H and O–H groups in total. The van der Waals surface area contributed by atoms with Crippen LogP contribution in [-0.2, 0) is 9.53 Å². The van der Waals surface area contributed by atoms with Gasteiger partial charge >= 0.3 is 0 Å². The lowest BCUT2D eigenvalue weighted by atomic mass is 10.1. The van der Waals surface area contributed by atoms with Gasteiger partial charge in [0.15, 0.2) is 0 Å². The minimum Gasteiger partial charge on any atom is -0.377 e. The van der Waals surface area contributed by atoms with Gasteiger partial charge in [0.25, 0.3) is 0 Å². The molecule has 1 saturated heterocycles. The first-order valence-electron chi connectivity index (χ1n) is 5.81. The van der Waals surface area contributed by atoms with Gasteiger partial charge in [0.1, 0.15) is 0 Å². The molecular weight excluding hydrogens is 228 g/mol. The zero-order valence-corrected chi connectivity index (χ0v) is 11.0. The molecule has 1 rings (SSSR count). The van der Waals surface area contributed by atoms with Crippen molar-refractivity contribution in [3.63, 3.8) is 0 Å². The summed E-state index contributed by atoms with van der Waals surface area (Å²) in [7, 11) is 0. The number of nitrogens with zero attached hydrogens (tertiary/aromatic N) is 1. The summed E-state index contributed by atoms with van der Waals surface area (Å²) in [6, 6.07) is -0.333. The van der Waals surface area contributed by atoms with Crippen LogP contribution in [-0.4, -0.2) is 42.6 Å². The lowest BCUT2D eigenvalue weighted by Gasteiger charge is -2.25. The average molecular weight is 251 g/mol. The minimum atomic E-state index is -0.333. The van der Waals surface area contributed by atoms with Crippen molar-refractivity contribution in [2.75, 3.05) is 19.7 Å². The third kappa shape index (κ3) is 4.68. The van der Waals surface area contributed by atoms with Crippen molar-refractivity contribution >= 4 is 18.3 Å². The molecule has 0 aromatic rings. The Balaban J connectivity index is 0.00000225. The summed E-state index contributed by atoms with van der Waals surface area (Å²) in [6.45, 7) is 6.24. The number of carbonyl (C=O) groups excluding carboxylic acids is 1. The molecule has 0 radical (unpaired) electrons. The second kappa shape index (κ2) is 7.87. The molecule has 0 bridgehead atoms. The van der Waals surface area contributed by atoms with Crippen molar-refractivity contribution in [2.45, 2.75) is 45.3 Å². The molecular formula is C11H23ClN2O2. The second-order valence-corrected chi connectivity index (χ2v) is 4.21. The average Bonchev–Trinajstić information content (AvgIpc) is 2.42. The van der Waals surface area contributed by atoms with Crippen LogP contribution in [0.1, 0.15) is 33.1 Å². The molecule has 4 nitrogen and oxygen atoms in total. The summed E-state index contributed by atoms with van der Waals surface area (Å²) in [5.74, 6) is 0.0780. The fourth-order valence-electron chi connectivity index (χ4n) is 1.86. The summed E-state index contributed by atoms with van der Waals surface area (Å²) in [4.78, 5) is 13.8. The Bertz CT molecular complexity index is 214. The molecule has 1 fully saturated rings. The van der Waals surface area contributed by atoms with Gasteiger partial charge < -0.3 is 15.4 Å². The van der Waals surface area contributed by atoms with Crippen LogP contribution < -0.4 is 5.73 Å². The number of carbonyl (C=O) groups is 1. The van der Waals surface area contributed by atoms with E-state index in [0.717, 1.165) is 32.4 Å². The van der Waals surface area contributed by atoms with E-state index in [1.807, 2.05) is 18.7 Å². The predicted octanol–water partition coefficient (Wildman–Crippen LogP) is 1.17. The first-order chi connectivity index (χ1) is 7.15. The van der Waals surface area contributed by atoms with E-state index in [0.29, 0.717) is 6.54 Å². The SMILES string of the molecule is CCCC(N)C(=O)N1CCCOC(C)C1.Cl. The highest BCUT2D eigenvalue weighted by atomic mass is 35.5. The van der Waals surface area contributed by atoms with Gasteiger partial charge in [-0.1, -0.05) is 13.3 Å². The number of rotatable bonds is 3. The van der Waals surface area contributed by atoms with Crippen LogP contribution in [0.25, 0.3) is 0 Å². The van der Waals surface area contributed by atoms with Crippen LogP contribution in [0.2, 0.25) is 0 Å². The van der Waals surface area contributed by atoms with Gasteiger partial charge in [-0.15, -0.1) is 12.4 Å². The molecule has 1 aliphatic rings. The first kappa shape index (κ1) is 15.7. The van der Waals surface area contributed by atoms with Gasteiger partial charge in [0.05, 0.1) is 12.1 Å². The third-order valence-corrected chi connectivity index (χ3v) is 2.68. The molecule has 1 amide bonds. The van der Waals surface area contributed by atoms with Crippen molar-refractivity contribution in [1.29, 1.82) is 0 Å². The Morgan fingerprint density at radius 2 is 2.31 bits per heavy atom. The largest absolute Gasteiger partial charge is 0.377 e. The lowest BCUT2D eigenvalue weighted by molar-refractivity contribution is -0.133. The van der Waals surface area contributed by atoms with Gasteiger partial charge in [0, 0.05) is 19.7 Å². The molecule has 0 aliphatic carbocycles. The van der Waals surface area contributed by atoms with Gasteiger partial charge in [-0.3, -0.25) is 4.79 Å². The van der Waals surface area contributed by atoms with Gasteiger partial charge in [-0.25, -0.2) is 0 Å². The van der Waals surface area contributed by atoms with Gasteiger partial charge in [-0.05, 0) is 19.8 Å². The Kier molecular flexibility index (Phi) is 7.72. The molecule has 96 valence electrons. The Morgan fingerprint density at radius 1 is 1.62 bits per heavy atom. The number of hydrogen-bond acceptors (Lipinski definition) is 3. The number of nitrogens with two attached hydrogens (primary N) is 1. The molecule has 0 aromatic carbocycles. The third-order valence-electron chi connectivity index (χ3n) is 2.68. The predicted molar refractivity (Wildman–Crippen MR) is 66.7 cm³/mol. The van der Waals surface area contributed by atoms with E-state index in [9.17, 15) is 4.79 Å². The van der Waals surface area contributed by atoms with Crippen molar-refractivity contribution in [3.8, 4) is 0 Å². The van der Waals surface area contributed by atoms with Crippen molar-refractivity contribution in [3.05, 3.63) is 0 Å². The molecule has 1 heterocycles. The molecule has 5 heteroatoms. The molecule has 1 aliphatic heterocycles.